The number of hydrogen-bond acceptors (Lipinski definition) is 6. The van der Waals surface area contributed by atoms with Crippen LogP contribution in [-0.4, -0.2) is 50.3 Å². The molecule has 4 atom stereocenters. The predicted octanol–water partition coefficient (Wildman–Crippen LogP) is 2.78. The van der Waals surface area contributed by atoms with E-state index in [1.165, 1.54) is 7.11 Å². The van der Waals surface area contributed by atoms with Crippen molar-refractivity contribution in [2.75, 3.05) is 13.7 Å². The summed E-state index contributed by atoms with van der Waals surface area (Å²) in [5.41, 5.74) is 0.638. The number of ether oxygens (including phenoxy) is 4. The Kier molecular flexibility index (Phi) is 6.16. The minimum absolute atomic E-state index is 0.277. The molecule has 142 valence electrons. The first-order chi connectivity index (χ1) is 13.1. The molecule has 0 spiro atoms. The van der Waals surface area contributed by atoms with Crippen LogP contribution >= 0.6 is 0 Å². The fraction of sp³-hybridized carbons (Fsp3) is 0.300. The van der Waals surface area contributed by atoms with Crippen molar-refractivity contribution in [3.8, 4) is 0 Å². The smallest absolute Gasteiger partial charge is 0.338 e. The Morgan fingerprint density at radius 1 is 0.963 bits per heavy atom. The van der Waals surface area contributed by atoms with Crippen LogP contribution in [-0.2, 0) is 18.9 Å². The quantitative estimate of drug-likeness (QED) is 0.724. The van der Waals surface area contributed by atoms with E-state index in [1.807, 2.05) is 0 Å². The second-order valence-electron chi connectivity index (χ2n) is 5.92. The fourth-order valence-corrected chi connectivity index (χ4v) is 2.73. The van der Waals surface area contributed by atoms with Gasteiger partial charge < -0.3 is 18.9 Å². The molecule has 1 fully saturated rings. The molecule has 0 aliphatic carbocycles. The van der Waals surface area contributed by atoms with Crippen molar-refractivity contribution in [1.82, 2.24) is 0 Å². The van der Waals surface area contributed by atoms with Crippen LogP contribution < -0.4 is 0 Å². The summed E-state index contributed by atoms with van der Waals surface area (Å²) in [4.78, 5) is 24.3. The summed E-state index contributed by atoms with van der Waals surface area (Å²) in [7, 11) is 1.28. The summed E-state index contributed by atoms with van der Waals surface area (Å²) in [6.07, 6.45) is -5.15. The molecule has 1 heterocycles. The van der Waals surface area contributed by atoms with E-state index >= 15 is 0 Å². The lowest BCUT2D eigenvalue weighted by molar-refractivity contribution is -0.142. The molecule has 0 aromatic heterocycles. The average molecular weight is 374 g/mol. The molecule has 0 radical (unpaired) electrons. The summed E-state index contributed by atoms with van der Waals surface area (Å²) in [5.74, 6) is -1.27. The first kappa shape index (κ1) is 19.0. The lowest BCUT2D eigenvalue weighted by atomic mass is 10.1. The number of benzene rings is 2. The second kappa shape index (κ2) is 8.75. The summed E-state index contributed by atoms with van der Waals surface area (Å²) in [6, 6.07) is 16.6. The maximum absolute atomic E-state index is 14.6. The number of halogens is 1. The SMILES string of the molecule is COC1O[C@H](COC(=O)c2ccccc2)[C@H](OC(=O)c2ccccc2)C1F. The van der Waals surface area contributed by atoms with Crippen LogP contribution in [0.1, 0.15) is 20.7 Å². The Labute approximate surface area is 155 Å². The minimum Gasteiger partial charge on any atom is -0.459 e. The fourth-order valence-electron chi connectivity index (χ4n) is 2.73. The minimum atomic E-state index is -1.71. The molecule has 27 heavy (non-hydrogen) atoms. The Balaban J connectivity index is 1.66. The molecule has 0 saturated carbocycles. The standard InChI is InChI=1S/C20H19FO6/c1-24-20-16(21)17(27-19(23)14-10-6-3-7-11-14)15(26-20)12-25-18(22)13-8-4-2-5-9-13/h2-11,15-17,20H,12H2,1H3/t15-,16?,17+,20?/m1/s1. The Morgan fingerprint density at radius 2 is 1.52 bits per heavy atom. The first-order valence-electron chi connectivity index (χ1n) is 8.40. The summed E-state index contributed by atoms with van der Waals surface area (Å²) < 4.78 is 35.4. The third-order valence-electron chi connectivity index (χ3n) is 4.12. The van der Waals surface area contributed by atoms with Crippen LogP contribution in [0.4, 0.5) is 4.39 Å². The number of hydrogen-bond donors (Lipinski definition) is 0. The Hall–Kier alpha value is -2.77. The van der Waals surface area contributed by atoms with Gasteiger partial charge in [-0.2, -0.15) is 0 Å². The Bertz CT molecular complexity index is 767. The van der Waals surface area contributed by atoms with Crippen LogP contribution in [0.3, 0.4) is 0 Å². The molecule has 0 amide bonds. The zero-order valence-electron chi connectivity index (χ0n) is 14.6. The molecule has 1 aliphatic rings. The van der Waals surface area contributed by atoms with Gasteiger partial charge >= 0.3 is 11.9 Å². The Morgan fingerprint density at radius 3 is 2.07 bits per heavy atom. The van der Waals surface area contributed by atoms with E-state index in [4.69, 9.17) is 18.9 Å². The van der Waals surface area contributed by atoms with Crippen molar-refractivity contribution in [2.45, 2.75) is 24.7 Å². The zero-order chi connectivity index (χ0) is 19.2. The topological polar surface area (TPSA) is 71.1 Å². The maximum Gasteiger partial charge on any atom is 0.338 e. The molecule has 1 aliphatic heterocycles. The predicted molar refractivity (Wildman–Crippen MR) is 92.9 cm³/mol. The van der Waals surface area contributed by atoms with Crippen molar-refractivity contribution in [2.24, 2.45) is 0 Å². The number of rotatable bonds is 6. The van der Waals surface area contributed by atoms with Crippen LogP contribution in [0.15, 0.2) is 60.7 Å². The normalized spacial score (nSPS) is 24.4. The van der Waals surface area contributed by atoms with E-state index < -0.39 is 36.6 Å². The van der Waals surface area contributed by atoms with Gasteiger partial charge in [-0.15, -0.1) is 0 Å². The van der Waals surface area contributed by atoms with Gasteiger partial charge in [0.05, 0.1) is 11.1 Å². The largest absolute Gasteiger partial charge is 0.459 e. The van der Waals surface area contributed by atoms with Gasteiger partial charge in [0.15, 0.2) is 18.6 Å². The molecule has 2 aromatic carbocycles. The van der Waals surface area contributed by atoms with E-state index in [9.17, 15) is 14.0 Å². The number of carbonyl (C=O) groups excluding carboxylic acids is 2. The van der Waals surface area contributed by atoms with E-state index in [0.29, 0.717) is 5.56 Å². The van der Waals surface area contributed by atoms with Crippen LogP contribution in [0, 0.1) is 0 Å². The van der Waals surface area contributed by atoms with Gasteiger partial charge in [-0.3, -0.25) is 0 Å². The molecule has 2 aromatic rings. The van der Waals surface area contributed by atoms with Crippen LogP contribution in [0.2, 0.25) is 0 Å². The van der Waals surface area contributed by atoms with E-state index in [-0.39, 0.29) is 12.2 Å². The molecule has 2 unspecified atom stereocenters. The van der Waals surface area contributed by atoms with E-state index in [0.717, 1.165) is 0 Å². The maximum atomic E-state index is 14.6. The molecule has 0 bridgehead atoms. The lowest BCUT2D eigenvalue weighted by Gasteiger charge is -2.19. The van der Waals surface area contributed by atoms with Gasteiger partial charge in [-0.1, -0.05) is 36.4 Å². The molecule has 7 heteroatoms. The monoisotopic (exact) mass is 374 g/mol. The molecular formula is C20H19FO6. The molecule has 1 saturated heterocycles. The van der Waals surface area contributed by atoms with Crippen molar-refractivity contribution in [3.05, 3.63) is 71.8 Å². The highest BCUT2D eigenvalue weighted by Crippen LogP contribution is 2.28. The summed E-state index contributed by atoms with van der Waals surface area (Å²) in [5, 5.41) is 0. The van der Waals surface area contributed by atoms with Gasteiger partial charge in [0, 0.05) is 7.11 Å². The van der Waals surface area contributed by atoms with Gasteiger partial charge in [0.2, 0.25) is 0 Å². The average Bonchev–Trinajstić information content (AvgIpc) is 3.02. The van der Waals surface area contributed by atoms with Gasteiger partial charge in [-0.05, 0) is 24.3 Å². The van der Waals surface area contributed by atoms with Crippen molar-refractivity contribution in [1.29, 1.82) is 0 Å². The highest BCUT2D eigenvalue weighted by molar-refractivity contribution is 5.90. The summed E-state index contributed by atoms with van der Waals surface area (Å²) >= 11 is 0. The molecule has 0 N–H and O–H groups in total. The van der Waals surface area contributed by atoms with Gasteiger partial charge in [-0.25, -0.2) is 14.0 Å². The molecule has 6 nitrogen and oxygen atoms in total. The van der Waals surface area contributed by atoms with Crippen LogP contribution in [0.25, 0.3) is 0 Å². The van der Waals surface area contributed by atoms with Gasteiger partial charge in [0.1, 0.15) is 12.7 Å². The van der Waals surface area contributed by atoms with Crippen LogP contribution in [0.5, 0.6) is 0 Å². The lowest BCUT2D eigenvalue weighted by Crippen LogP contribution is -2.37. The zero-order valence-corrected chi connectivity index (χ0v) is 14.6. The number of carbonyl (C=O) groups is 2. The van der Waals surface area contributed by atoms with E-state index in [2.05, 4.69) is 0 Å². The third kappa shape index (κ3) is 4.50. The second-order valence-corrected chi connectivity index (χ2v) is 5.92. The highest BCUT2D eigenvalue weighted by atomic mass is 19.1. The number of methoxy groups -OCH3 is 1. The van der Waals surface area contributed by atoms with Crippen molar-refractivity contribution >= 4 is 11.9 Å². The van der Waals surface area contributed by atoms with Crippen molar-refractivity contribution in [3.63, 3.8) is 0 Å². The summed E-state index contributed by atoms with van der Waals surface area (Å²) in [6.45, 7) is -0.277. The van der Waals surface area contributed by atoms with E-state index in [1.54, 1.807) is 60.7 Å². The first-order valence-corrected chi connectivity index (χ1v) is 8.40. The van der Waals surface area contributed by atoms with Gasteiger partial charge in [0.25, 0.3) is 0 Å². The third-order valence-corrected chi connectivity index (χ3v) is 4.12. The highest BCUT2D eigenvalue weighted by Gasteiger charge is 2.48. The molecular weight excluding hydrogens is 355 g/mol. The van der Waals surface area contributed by atoms with Crippen molar-refractivity contribution < 1.29 is 32.9 Å². The molecule has 3 rings (SSSR count). The number of alkyl halides is 1. The number of esters is 2.